The van der Waals surface area contributed by atoms with Gasteiger partial charge in [-0.1, -0.05) is 17.7 Å². The van der Waals surface area contributed by atoms with E-state index in [4.69, 9.17) is 0 Å². The molecular formula is C15H15NOS2. The molecule has 0 unspecified atom stereocenters. The van der Waals surface area contributed by atoms with Crippen molar-refractivity contribution >= 4 is 35.6 Å². The third-order valence-electron chi connectivity index (χ3n) is 3.40. The third-order valence-corrected chi connectivity index (χ3v) is 4.75. The molecule has 1 aromatic heterocycles. The van der Waals surface area contributed by atoms with E-state index in [1.807, 2.05) is 16.3 Å². The molecule has 0 atom stereocenters. The van der Waals surface area contributed by atoms with Crippen molar-refractivity contribution in [3.05, 3.63) is 45.6 Å². The summed E-state index contributed by atoms with van der Waals surface area (Å²) >= 11 is 5.73. The molecular weight excluding hydrogens is 274 g/mol. The zero-order valence-electron chi connectivity index (χ0n) is 10.7. The summed E-state index contributed by atoms with van der Waals surface area (Å²) in [6.07, 6.45) is 2.09. The summed E-state index contributed by atoms with van der Waals surface area (Å²) in [4.78, 5) is 16.1. The summed E-state index contributed by atoms with van der Waals surface area (Å²) in [5.74, 6) is 0.0927. The van der Waals surface area contributed by atoms with E-state index < -0.39 is 0 Å². The Kier molecular flexibility index (Phi) is 3.37. The maximum atomic E-state index is 12.6. The van der Waals surface area contributed by atoms with E-state index in [1.165, 1.54) is 22.5 Å². The van der Waals surface area contributed by atoms with Crippen LogP contribution in [-0.2, 0) is 6.42 Å². The van der Waals surface area contributed by atoms with E-state index in [0.717, 1.165) is 34.8 Å². The normalized spacial score (nSPS) is 14.3. The molecule has 4 heteroatoms. The number of benzene rings is 1. The van der Waals surface area contributed by atoms with Crippen molar-refractivity contribution in [1.29, 1.82) is 0 Å². The summed E-state index contributed by atoms with van der Waals surface area (Å²) in [7, 11) is 0. The van der Waals surface area contributed by atoms with Gasteiger partial charge in [-0.05, 0) is 37.5 Å². The highest BCUT2D eigenvalue weighted by Gasteiger charge is 2.24. The lowest BCUT2D eigenvalue weighted by Gasteiger charge is -2.29. The molecule has 3 rings (SSSR count). The summed E-state index contributed by atoms with van der Waals surface area (Å²) in [5.41, 5.74) is 3.60. The van der Waals surface area contributed by atoms with E-state index in [-0.39, 0.29) is 5.91 Å². The van der Waals surface area contributed by atoms with Crippen LogP contribution in [0.4, 0.5) is 5.69 Å². The molecule has 2 nitrogen and oxygen atoms in total. The van der Waals surface area contributed by atoms with Gasteiger partial charge in [-0.3, -0.25) is 4.79 Å². The molecule has 2 heterocycles. The topological polar surface area (TPSA) is 20.3 Å². The van der Waals surface area contributed by atoms with Crippen molar-refractivity contribution in [2.75, 3.05) is 11.4 Å². The molecule has 1 aliphatic rings. The van der Waals surface area contributed by atoms with Crippen molar-refractivity contribution in [2.24, 2.45) is 0 Å². The number of aryl methyl sites for hydroxylation is 2. The molecule has 19 heavy (non-hydrogen) atoms. The Bertz CT molecular complexity index is 633. The third kappa shape index (κ3) is 2.42. The largest absolute Gasteiger partial charge is 0.307 e. The Morgan fingerprint density at radius 1 is 1.37 bits per heavy atom. The molecule has 0 fully saturated rings. The lowest BCUT2D eigenvalue weighted by atomic mass is 9.99. The maximum absolute atomic E-state index is 12.6. The number of fused-ring (bicyclic) bond motifs is 1. The van der Waals surface area contributed by atoms with E-state index in [2.05, 4.69) is 37.8 Å². The summed E-state index contributed by atoms with van der Waals surface area (Å²) in [6.45, 7) is 2.89. The lowest BCUT2D eigenvalue weighted by Crippen LogP contribution is -2.35. The Labute approximate surface area is 122 Å². The van der Waals surface area contributed by atoms with Gasteiger partial charge in [0.25, 0.3) is 5.91 Å². The number of rotatable bonds is 1. The minimum Gasteiger partial charge on any atom is -0.307 e. The van der Waals surface area contributed by atoms with Crippen LogP contribution < -0.4 is 4.90 Å². The predicted molar refractivity (Wildman–Crippen MR) is 82.7 cm³/mol. The molecule has 0 spiro atoms. The molecule has 1 amide bonds. The van der Waals surface area contributed by atoms with Crippen molar-refractivity contribution < 1.29 is 4.79 Å². The van der Waals surface area contributed by atoms with E-state index in [1.54, 1.807) is 0 Å². The minimum atomic E-state index is 0.0927. The number of nitrogens with zero attached hydrogens (tertiary/aromatic N) is 1. The zero-order chi connectivity index (χ0) is 13.4. The monoisotopic (exact) mass is 289 g/mol. The lowest BCUT2D eigenvalue weighted by molar-refractivity contribution is 0.0989. The van der Waals surface area contributed by atoms with E-state index in [0.29, 0.717) is 0 Å². The average molecular weight is 289 g/mol. The molecule has 0 bridgehead atoms. The molecule has 1 aromatic carbocycles. The van der Waals surface area contributed by atoms with Crippen LogP contribution in [0, 0.1) is 6.92 Å². The highest BCUT2D eigenvalue weighted by molar-refractivity contribution is 7.80. The molecule has 0 saturated heterocycles. The second kappa shape index (κ2) is 5.02. The van der Waals surface area contributed by atoms with Gasteiger partial charge in [-0.15, -0.1) is 24.0 Å². The van der Waals surface area contributed by atoms with Crippen molar-refractivity contribution in [2.45, 2.75) is 24.7 Å². The molecule has 0 N–H and O–H groups in total. The number of anilines is 1. The number of amides is 1. The summed E-state index contributed by atoms with van der Waals surface area (Å²) in [6, 6.07) is 8.17. The fraction of sp³-hybridized carbons (Fsp3) is 0.267. The fourth-order valence-electron chi connectivity index (χ4n) is 2.51. The minimum absolute atomic E-state index is 0.0927. The molecule has 98 valence electrons. The maximum Gasteiger partial charge on any atom is 0.268 e. The van der Waals surface area contributed by atoms with Gasteiger partial charge in [0.05, 0.1) is 4.88 Å². The Hall–Kier alpha value is -1.26. The molecule has 0 aliphatic carbocycles. The number of carbonyl (C=O) groups excluding carboxylic acids is 1. The van der Waals surface area contributed by atoms with Crippen LogP contribution in [0.1, 0.15) is 27.2 Å². The molecule has 0 saturated carbocycles. The van der Waals surface area contributed by atoms with Gasteiger partial charge in [0.1, 0.15) is 0 Å². The second-order valence-corrected chi connectivity index (χ2v) is 6.29. The van der Waals surface area contributed by atoms with Gasteiger partial charge in [-0.2, -0.15) is 0 Å². The van der Waals surface area contributed by atoms with Crippen LogP contribution >= 0.6 is 24.0 Å². The van der Waals surface area contributed by atoms with Crippen LogP contribution in [-0.4, -0.2) is 12.5 Å². The number of hydrogen-bond acceptors (Lipinski definition) is 3. The summed E-state index contributed by atoms with van der Waals surface area (Å²) < 4.78 is 0. The highest BCUT2D eigenvalue weighted by atomic mass is 32.1. The average Bonchev–Trinajstić information content (AvgIpc) is 2.83. The smallest absolute Gasteiger partial charge is 0.268 e. The number of carbonyl (C=O) groups is 1. The Morgan fingerprint density at radius 2 is 2.21 bits per heavy atom. The molecule has 2 aromatic rings. The first-order valence-electron chi connectivity index (χ1n) is 6.34. The van der Waals surface area contributed by atoms with Gasteiger partial charge in [0.15, 0.2) is 0 Å². The Morgan fingerprint density at radius 3 is 2.95 bits per heavy atom. The Balaban J connectivity index is 1.97. The molecule has 1 aliphatic heterocycles. The van der Waals surface area contributed by atoms with Gasteiger partial charge in [-0.25, -0.2) is 0 Å². The number of hydrogen-bond donors (Lipinski definition) is 1. The standard InChI is InChI=1S/C15H15NOS2/c1-10-4-5-13-11(7-10)3-2-6-16(13)15(17)14-8-12(18)9-19-14/h4-5,7-9,18H,2-3,6H2,1H3. The molecule has 0 radical (unpaired) electrons. The first-order chi connectivity index (χ1) is 9.15. The van der Waals surface area contributed by atoms with Crippen LogP contribution in [0.2, 0.25) is 0 Å². The second-order valence-electron chi connectivity index (χ2n) is 4.86. The van der Waals surface area contributed by atoms with Crippen LogP contribution in [0.5, 0.6) is 0 Å². The first kappa shape index (κ1) is 12.8. The quantitative estimate of drug-likeness (QED) is 0.789. The SMILES string of the molecule is Cc1ccc2c(c1)CCCN2C(=O)c1cc(S)cs1. The van der Waals surface area contributed by atoms with Crippen molar-refractivity contribution in [3.63, 3.8) is 0 Å². The van der Waals surface area contributed by atoms with Gasteiger partial charge in [0, 0.05) is 22.5 Å². The highest BCUT2D eigenvalue weighted by Crippen LogP contribution is 2.30. The first-order valence-corrected chi connectivity index (χ1v) is 7.67. The van der Waals surface area contributed by atoms with E-state index >= 15 is 0 Å². The number of thiophene rings is 1. The van der Waals surface area contributed by atoms with Crippen LogP contribution in [0.25, 0.3) is 0 Å². The number of thiol groups is 1. The van der Waals surface area contributed by atoms with E-state index in [9.17, 15) is 4.79 Å². The zero-order valence-corrected chi connectivity index (χ0v) is 12.4. The fourth-order valence-corrected chi connectivity index (χ4v) is 3.60. The van der Waals surface area contributed by atoms with Gasteiger partial charge < -0.3 is 4.90 Å². The predicted octanol–water partition coefficient (Wildman–Crippen LogP) is 3.94. The van der Waals surface area contributed by atoms with Crippen molar-refractivity contribution in [3.8, 4) is 0 Å². The summed E-state index contributed by atoms with van der Waals surface area (Å²) in [5, 5.41) is 1.90. The van der Waals surface area contributed by atoms with Gasteiger partial charge in [0.2, 0.25) is 0 Å². The van der Waals surface area contributed by atoms with Crippen molar-refractivity contribution in [1.82, 2.24) is 0 Å². The van der Waals surface area contributed by atoms with Crippen LogP contribution in [0.15, 0.2) is 34.5 Å². The van der Waals surface area contributed by atoms with Crippen LogP contribution in [0.3, 0.4) is 0 Å². The van der Waals surface area contributed by atoms with Gasteiger partial charge >= 0.3 is 0 Å².